The van der Waals surface area contributed by atoms with Crippen LogP contribution in [0.15, 0.2) is 0 Å². The van der Waals surface area contributed by atoms with E-state index in [9.17, 15) is 24.0 Å². The van der Waals surface area contributed by atoms with Gasteiger partial charge in [-0.1, -0.05) is 13.8 Å². The van der Waals surface area contributed by atoms with Crippen LogP contribution in [0.25, 0.3) is 0 Å². The Morgan fingerprint density at radius 1 is 1.12 bits per heavy atom. The summed E-state index contributed by atoms with van der Waals surface area (Å²) in [5, 5.41) is 5.14. The van der Waals surface area contributed by atoms with Crippen LogP contribution in [-0.2, 0) is 28.8 Å². The van der Waals surface area contributed by atoms with Crippen LogP contribution in [0.3, 0.4) is 0 Å². The van der Waals surface area contributed by atoms with Crippen LogP contribution in [0.5, 0.6) is 0 Å². The Kier molecular flexibility index (Phi) is 7.10. The molecular weight excluding hydrogens is 346 g/mol. The minimum Gasteiger partial charge on any atom is -0.444 e. The molecule has 1 atom stereocenters. The molecule has 0 bridgehead atoms. The van der Waals surface area contributed by atoms with E-state index in [0.29, 0.717) is 5.06 Å². The van der Waals surface area contributed by atoms with E-state index in [-0.39, 0.29) is 18.8 Å². The monoisotopic (exact) mass is 371 g/mol. The van der Waals surface area contributed by atoms with Crippen LogP contribution in [0.2, 0.25) is 0 Å². The van der Waals surface area contributed by atoms with Gasteiger partial charge in [-0.15, -0.1) is 5.06 Å². The van der Waals surface area contributed by atoms with Crippen LogP contribution >= 0.6 is 0 Å². The predicted molar refractivity (Wildman–Crippen MR) is 88.2 cm³/mol. The van der Waals surface area contributed by atoms with Gasteiger partial charge >= 0.3 is 12.1 Å². The Morgan fingerprint density at radius 2 is 1.65 bits per heavy atom. The first-order valence-electron chi connectivity index (χ1n) is 8.24. The third kappa shape index (κ3) is 6.69. The van der Waals surface area contributed by atoms with Gasteiger partial charge in [0.1, 0.15) is 18.2 Å². The quantitative estimate of drug-likeness (QED) is 0.640. The molecular formula is C16H25N3O7. The molecule has 1 heterocycles. The van der Waals surface area contributed by atoms with Gasteiger partial charge in [-0.2, -0.15) is 0 Å². The van der Waals surface area contributed by atoms with E-state index in [4.69, 9.17) is 4.74 Å². The number of imide groups is 1. The van der Waals surface area contributed by atoms with Gasteiger partial charge in [-0.25, -0.2) is 9.59 Å². The van der Waals surface area contributed by atoms with Gasteiger partial charge in [0.15, 0.2) is 0 Å². The van der Waals surface area contributed by atoms with Crippen molar-refractivity contribution in [2.75, 3.05) is 6.54 Å². The normalized spacial score (nSPS) is 15.7. The molecule has 0 spiro atoms. The van der Waals surface area contributed by atoms with E-state index >= 15 is 0 Å². The smallest absolute Gasteiger partial charge is 0.408 e. The third-order valence-electron chi connectivity index (χ3n) is 3.23. The average Bonchev–Trinajstić information content (AvgIpc) is 2.80. The summed E-state index contributed by atoms with van der Waals surface area (Å²) in [6, 6.07) is -0.937. The van der Waals surface area contributed by atoms with Crippen molar-refractivity contribution in [1.82, 2.24) is 15.7 Å². The van der Waals surface area contributed by atoms with Crippen LogP contribution < -0.4 is 10.6 Å². The average molecular weight is 371 g/mol. The Balaban J connectivity index is 2.54. The van der Waals surface area contributed by atoms with Crippen molar-refractivity contribution in [3.05, 3.63) is 0 Å². The standard InChI is InChI=1S/C16H25N3O7/c1-9(2)13(18-15(24)25-16(3,4)5)14(23)17-8-12(22)26-19-10(20)6-7-11(19)21/h9,13H,6-8H2,1-5H3,(H,17,23)(H,18,24)/t13-/m0/s1. The van der Waals surface area contributed by atoms with E-state index in [1.165, 1.54) is 0 Å². The molecule has 0 aliphatic carbocycles. The molecule has 1 fully saturated rings. The molecule has 0 aromatic carbocycles. The molecule has 10 heteroatoms. The van der Waals surface area contributed by atoms with Crippen molar-refractivity contribution < 1.29 is 33.5 Å². The lowest BCUT2D eigenvalue weighted by Gasteiger charge is -2.25. The molecule has 2 N–H and O–H groups in total. The first-order chi connectivity index (χ1) is 11.9. The van der Waals surface area contributed by atoms with Crippen LogP contribution in [0.4, 0.5) is 4.79 Å². The minimum atomic E-state index is -0.971. The molecule has 146 valence electrons. The fraction of sp³-hybridized carbons (Fsp3) is 0.688. The van der Waals surface area contributed by atoms with Crippen LogP contribution in [-0.4, -0.2) is 53.0 Å². The lowest BCUT2D eigenvalue weighted by Crippen LogP contribution is -2.52. The zero-order chi connectivity index (χ0) is 20.1. The van der Waals surface area contributed by atoms with Gasteiger partial charge in [0, 0.05) is 12.8 Å². The van der Waals surface area contributed by atoms with Crippen molar-refractivity contribution in [1.29, 1.82) is 0 Å². The highest BCUT2D eigenvalue weighted by Gasteiger charge is 2.33. The Bertz CT molecular complexity index is 579. The van der Waals surface area contributed by atoms with Crippen molar-refractivity contribution in [3.63, 3.8) is 0 Å². The molecule has 0 aromatic heterocycles. The Hall–Kier alpha value is -2.65. The second-order valence-electron chi connectivity index (χ2n) is 7.13. The summed E-state index contributed by atoms with van der Waals surface area (Å²) < 4.78 is 5.10. The van der Waals surface area contributed by atoms with Crippen molar-refractivity contribution in [3.8, 4) is 0 Å². The summed E-state index contributed by atoms with van der Waals surface area (Å²) in [5.74, 6) is -3.09. The maximum Gasteiger partial charge on any atom is 0.408 e. The molecule has 0 aromatic rings. The third-order valence-corrected chi connectivity index (χ3v) is 3.23. The number of nitrogens with one attached hydrogen (secondary N) is 2. The van der Waals surface area contributed by atoms with Gasteiger partial charge in [0.25, 0.3) is 11.8 Å². The van der Waals surface area contributed by atoms with E-state index in [1.807, 2.05) is 0 Å². The number of hydrogen-bond acceptors (Lipinski definition) is 7. The summed E-state index contributed by atoms with van der Waals surface area (Å²) in [7, 11) is 0. The molecule has 0 unspecified atom stereocenters. The van der Waals surface area contributed by atoms with Gasteiger partial charge in [0.2, 0.25) is 5.91 Å². The second-order valence-corrected chi connectivity index (χ2v) is 7.13. The molecule has 4 amide bonds. The number of hydroxylamine groups is 2. The number of carbonyl (C=O) groups is 5. The molecule has 26 heavy (non-hydrogen) atoms. The highest BCUT2D eigenvalue weighted by molar-refractivity contribution is 6.01. The SMILES string of the molecule is CC(C)[C@H](NC(=O)OC(C)(C)C)C(=O)NCC(=O)ON1C(=O)CCC1=O. The number of hydrogen-bond donors (Lipinski definition) is 2. The molecule has 1 rings (SSSR count). The summed E-state index contributed by atoms with van der Waals surface area (Å²) in [4.78, 5) is 63.1. The minimum absolute atomic E-state index is 0.0201. The number of ether oxygens (including phenoxy) is 1. The molecule has 0 radical (unpaired) electrons. The number of rotatable bonds is 6. The van der Waals surface area contributed by atoms with Crippen molar-refractivity contribution >= 4 is 29.8 Å². The van der Waals surface area contributed by atoms with Gasteiger partial charge in [-0.3, -0.25) is 14.4 Å². The van der Waals surface area contributed by atoms with Crippen LogP contribution in [0, 0.1) is 5.92 Å². The summed E-state index contributed by atoms with van der Waals surface area (Å²) in [5.41, 5.74) is -0.722. The number of amides is 4. The van der Waals surface area contributed by atoms with Gasteiger partial charge < -0.3 is 20.2 Å². The highest BCUT2D eigenvalue weighted by atomic mass is 16.7. The van der Waals surface area contributed by atoms with E-state index in [0.717, 1.165) is 0 Å². The fourth-order valence-corrected chi connectivity index (χ4v) is 2.03. The lowest BCUT2D eigenvalue weighted by molar-refractivity contribution is -0.196. The summed E-state index contributed by atoms with van der Waals surface area (Å²) in [6.07, 6.45) is -0.802. The number of alkyl carbamates (subject to hydrolysis) is 1. The first-order valence-corrected chi connectivity index (χ1v) is 8.24. The summed E-state index contributed by atoms with van der Waals surface area (Å²) >= 11 is 0. The second kappa shape index (κ2) is 8.63. The van der Waals surface area contributed by atoms with E-state index in [2.05, 4.69) is 15.5 Å². The zero-order valence-electron chi connectivity index (χ0n) is 15.6. The first kappa shape index (κ1) is 21.4. The Labute approximate surface area is 151 Å². The molecule has 10 nitrogen and oxygen atoms in total. The van der Waals surface area contributed by atoms with Crippen LogP contribution in [0.1, 0.15) is 47.5 Å². The highest BCUT2D eigenvalue weighted by Crippen LogP contribution is 2.12. The van der Waals surface area contributed by atoms with Crippen molar-refractivity contribution in [2.45, 2.75) is 59.1 Å². The molecule has 1 aliphatic rings. The fourth-order valence-electron chi connectivity index (χ4n) is 2.03. The number of nitrogens with zero attached hydrogens (tertiary/aromatic N) is 1. The zero-order valence-corrected chi connectivity index (χ0v) is 15.6. The predicted octanol–water partition coefficient (Wildman–Crippen LogP) is 0.259. The van der Waals surface area contributed by atoms with E-state index < -0.39 is 48.0 Å². The largest absolute Gasteiger partial charge is 0.444 e. The van der Waals surface area contributed by atoms with Gasteiger partial charge in [0.05, 0.1) is 0 Å². The molecule has 1 saturated heterocycles. The Morgan fingerprint density at radius 3 is 2.12 bits per heavy atom. The topological polar surface area (TPSA) is 131 Å². The lowest BCUT2D eigenvalue weighted by atomic mass is 10.0. The maximum atomic E-state index is 12.2. The number of carbonyl (C=O) groups excluding carboxylic acids is 5. The molecule has 0 saturated carbocycles. The van der Waals surface area contributed by atoms with Gasteiger partial charge in [-0.05, 0) is 26.7 Å². The van der Waals surface area contributed by atoms with E-state index in [1.54, 1.807) is 34.6 Å². The summed E-state index contributed by atoms with van der Waals surface area (Å²) in [6.45, 7) is 7.92. The molecule has 1 aliphatic heterocycles. The van der Waals surface area contributed by atoms with Crippen molar-refractivity contribution in [2.24, 2.45) is 5.92 Å². The maximum absolute atomic E-state index is 12.2.